The summed E-state index contributed by atoms with van der Waals surface area (Å²) in [5.74, 6) is -3.81. The van der Waals surface area contributed by atoms with Gasteiger partial charge >= 0.3 is 12.1 Å². The van der Waals surface area contributed by atoms with Crippen LogP contribution in [0.5, 0.6) is 0 Å². The first-order chi connectivity index (χ1) is 58.4. The molecule has 11 N–H and O–H groups in total. The zero-order chi connectivity index (χ0) is 86.1. The Bertz CT molecular complexity index is 4450. The summed E-state index contributed by atoms with van der Waals surface area (Å²) in [6.07, 6.45) is 6.17. The van der Waals surface area contributed by atoms with Gasteiger partial charge in [-0.3, -0.25) is 38.4 Å². The number of ketones is 2. The predicted molar refractivity (Wildman–Crippen MR) is 443 cm³/mol. The minimum atomic E-state index is -1.43. The molecule has 4 aliphatic carbocycles. The third kappa shape index (κ3) is 23.3. The monoisotopic (exact) mass is 1680 g/mol. The number of aliphatic hydroxyl groups is 2. The van der Waals surface area contributed by atoms with Gasteiger partial charge in [0, 0.05) is 72.3 Å². The molecule has 33 heteroatoms. The van der Waals surface area contributed by atoms with Crippen LogP contribution in [0.4, 0.5) is 21.0 Å². The molecule has 6 aliphatic rings. The number of carbonyl (C=O) groups excluding carboxylic acids is 10. The molecule has 4 aromatic carbocycles. The first kappa shape index (κ1) is 91.5. The number of fused-ring (bicyclic) bond motifs is 12. The number of hydrogen-bond acceptors (Lipinski definition) is 23. The van der Waals surface area contributed by atoms with Crippen LogP contribution in [0, 0.1) is 34.5 Å². The number of alkyl carbamates (subject to hydrolysis) is 1. The van der Waals surface area contributed by atoms with Crippen molar-refractivity contribution in [3.63, 3.8) is 0 Å². The molecule has 3 heterocycles. The van der Waals surface area contributed by atoms with E-state index in [4.69, 9.17) is 48.4 Å². The van der Waals surface area contributed by atoms with Gasteiger partial charge in [-0.1, -0.05) is 143 Å². The second-order valence-electron chi connectivity index (χ2n) is 32.1. The van der Waals surface area contributed by atoms with Crippen LogP contribution >= 0.6 is 0 Å². The van der Waals surface area contributed by atoms with Crippen molar-refractivity contribution in [2.75, 3.05) is 109 Å². The van der Waals surface area contributed by atoms with E-state index in [-0.39, 0.29) is 178 Å². The molecule has 1 aromatic heterocycles. The minimum absolute atomic E-state index is 0.0227. The molecule has 0 bridgehead atoms. The molecule has 0 radical (unpaired) electrons. The summed E-state index contributed by atoms with van der Waals surface area (Å²) in [6, 6.07) is 26.6. The number of benzene rings is 4. The van der Waals surface area contributed by atoms with Crippen molar-refractivity contribution in [2.24, 2.45) is 40.2 Å². The van der Waals surface area contributed by atoms with Crippen LogP contribution < -0.4 is 47.9 Å². The lowest BCUT2D eigenvalue weighted by atomic mass is 9.46. The van der Waals surface area contributed by atoms with Crippen molar-refractivity contribution in [1.82, 2.24) is 46.9 Å². The Morgan fingerprint density at radius 2 is 1.41 bits per heavy atom. The molecule has 1 unspecified atom stereocenters. The molecule has 121 heavy (non-hydrogen) atoms. The summed E-state index contributed by atoms with van der Waals surface area (Å²) < 4.78 is 54.7. The van der Waals surface area contributed by atoms with Crippen LogP contribution in [0.15, 0.2) is 127 Å². The average Bonchev–Trinajstić information content (AvgIpc) is 1.52. The van der Waals surface area contributed by atoms with Gasteiger partial charge in [-0.25, -0.2) is 14.3 Å². The van der Waals surface area contributed by atoms with Crippen LogP contribution in [0.2, 0.25) is 0 Å². The third-order valence-corrected chi connectivity index (χ3v) is 23.7. The molecule has 654 valence electrons. The SMILES string of the molecule is CCCC1O[C@@H]2C[C@H]3[C@@H]4CCC5=CC(=O)C=C[C@]5(C)[C@H]4[C@@H](O)C[C@]3(C)[C@]2(C(=O)COCNC(=O)[C@@H](Cc2ccccc2)NC(=O)OCc2ccc(NC(=O)[C@@H](CCCNC(N)=O)NC(=O)[C@H](NC(=O)CCOCCOCCOCCOCCNC(=O)CCC(=O)N3Cc4ccccc4-c4nnn(CCOCCO)c4-c4ccccc43)C(C)C)cc2)O1. The fourth-order valence-corrected chi connectivity index (χ4v) is 17.8. The van der Waals surface area contributed by atoms with Gasteiger partial charge < -0.3 is 101 Å². The van der Waals surface area contributed by atoms with Gasteiger partial charge in [-0.2, -0.15) is 0 Å². The summed E-state index contributed by atoms with van der Waals surface area (Å²) in [7, 11) is 0. The Kier molecular flexibility index (Phi) is 33.3. The van der Waals surface area contributed by atoms with Gasteiger partial charge in [0.25, 0.3) is 0 Å². The molecule has 12 atom stereocenters. The fourth-order valence-electron chi connectivity index (χ4n) is 17.8. The number of Topliss-reactive ketones (excluding diaryl/α,β-unsaturated/α-hetero) is 1. The van der Waals surface area contributed by atoms with Gasteiger partial charge in [0.05, 0.1) is 109 Å². The van der Waals surface area contributed by atoms with Crippen molar-refractivity contribution in [1.29, 1.82) is 0 Å². The van der Waals surface area contributed by atoms with Gasteiger partial charge in [0.2, 0.25) is 35.4 Å². The largest absolute Gasteiger partial charge is 0.445 e. The summed E-state index contributed by atoms with van der Waals surface area (Å²) in [5.41, 5.74) is 9.70. The first-order valence-electron chi connectivity index (χ1n) is 42.0. The zero-order valence-corrected chi connectivity index (χ0v) is 69.6. The lowest BCUT2D eigenvalue weighted by Gasteiger charge is -2.59. The van der Waals surface area contributed by atoms with Crippen LogP contribution in [-0.2, 0) is 107 Å². The van der Waals surface area contributed by atoms with Gasteiger partial charge in [0.15, 0.2) is 23.5 Å². The second kappa shape index (κ2) is 44.0. The van der Waals surface area contributed by atoms with E-state index in [0.717, 1.165) is 46.4 Å². The number of aromatic nitrogens is 3. The number of primary amides is 1. The molecule has 33 nitrogen and oxygen atoms in total. The third-order valence-electron chi connectivity index (χ3n) is 23.7. The zero-order valence-electron chi connectivity index (χ0n) is 69.6. The summed E-state index contributed by atoms with van der Waals surface area (Å²) in [6.45, 7) is 11.7. The number of rotatable bonds is 46. The topological polar surface area (TPSA) is 438 Å². The van der Waals surface area contributed by atoms with E-state index in [1.807, 2.05) is 74.5 Å². The predicted octanol–water partition coefficient (Wildman–Crippen LogP) is 6.20. The van der Waals surface area contributed by atoms with Crippen molar-refractivity contribution in [2.45, 2.75) is 174 Å². The number of anilines is 2. The molecule has 2 aliphatic heterocycles. The molecule has 4 fully saturated rings. The number of allylic oxidation sites excluding steroid dienone is 4. The highest BCUT2D eigenvalue weighted by molar-refractivity contribution is 6.03. The van der Waals surface area contributed by atoms with E-state index < -0.39 is 108 Å². The van der Waals surface area contributed by atoms with Crippen molar-refractivity contribution >= 4 is 70.5 Å². The second-order valence-corrected chi connectivity index (χ2v) is 32.1. The summed E-state index contributed by atoms with van der Waals surface area (Å²) in [5, 5.41) is 49.4. The smallest absolute Gasteiger partial charge is 0.408 e. The van der Waals surface area contributed by atoms with E-state index in [1.54, 1.807) is 84.1 Å². The Morgan fingerprint density at radius 1 is 0.711 bits per heavy atom. The number of aliphatic hydroxyl groups excluding tert-OH is 2. The van der Waals surface area contributed by atoms with E-state index in [0.29, 0.717) is 55.0 Å². The van der Waals surface area contributed by atoms with E-state index >= 15 is 0 Å². The van der Waals surface area contributed by atoms with Crippen LogP contribution in [0.1, 0.15) is 122 Å². The summed E-state index contributed by atoms with van der Waals surface area (Å²) in [4.78, 5) is 136. The Labute approximate surface area is 704 Å². The highest BCUT2D eigenvalue weighted by Gasteiger charge is 2.76. The van der Waals surface area contributed by atoms with E-state index in [1.165, 1.54) is 0 Å². The maximum absolute atomic E-state index is 14.9. The average molecular weight is 1680 g/mol. The lowest BCUT2D eigenvalue weighted by Crippen LogP contribution is -2.63. The van der Waals surface area contributed by atoms with Gasteiger partial charge in [-0.05, 0) is 110 Å². The number of nitrogens with two attached hydrogens (primary N) is 1. The van der Waals surface area contributed by atoms with Crippen LogP contribution in [0.3, 0.4) is 0 Å². The molecule has 11 rings (SSSR count). The molecule has 3 saturated carbocycles. The van der Waals surface area contributed by atoms with Gasteiger partial charge in [0.1, 0.15) is 43.8 Å². The highest BCUT2D eigenvalue weighted by atomic mass is 16.7. The van der Waals surface area contributed by atoms with E-state index in [9.17, 15) is 58.2 Å². The van der Waals surface area contributed by atoms with E-state index in [2.05, 4.69) is 54.5 Å². The highest BCUT2D eigenvalue weighted by Crippen LogP contribution is 2.70. The molecular weight excluding hydrogens is 1560 g/mol. The number of nitrogens with zero attached hydrogens (tertiary/aromatic N) is 4. The lowest BCUT2D eigenvalue weighted by molar-refractivity contribution is -0.201. The number of para-hydroxylation sites is 1. The number of amides is 9. The first-order valence-corrected chi connectivity index (χ1v) is 42.0. The summed E-state index contributed by atoms with van der Waals surface area (Å²) >= 11 is 0. The fraction of sp³-hybridized carbons (Fsp3) is 0.545. The van der Waals surface area contributed by atoms with Crippen LogP contribution in [0.25, 0.3) is 22.5 Å². The maximum Gasteiger partial charge on any atom is 0.408 e. The Balaban J connectivity index is 0.558. The maximum atomic E-state index is 14.9. The molecular formula is C88H116N12O21. The Morgan fingerprint density at radius 3 is 2.14 bits per heavy atom. The number of ether oxygens (including phenoxy) is 9. The van der Waals surface area contributed by atoms with Crippen molar-refractivity contribution < 1.29 is 101 Å². The molecule has 1 saturated heterocycles. The number of nitrogens with one attached hydrogen (secondary N) is 7. The minimum Gasteiger partial charge on any atom is -0.445 e. The number of hydrogen-bond donors (Lipinski definition) is 10. The normalized spacial score (nSPS) is 22.4. The molecule has 0 spiro atoms. The van der Waals surface area contributed by atoms with Crippen molar-refractivity contribution in [3.8, 4) is 22.5 Å². The number of urea groups is 1. The standard InChI is InChI=1S/C88H116N12O21/c1-6-15-76-120-72-50-66-64-28-25-60-49-62(102)31-33-86(60,4)77(64)70(103)51-87(66,5)88(72,121-76)71(104)54-118-55-92-81(108)68(48-57-16-8-7-9-17-57)95-85(112)119-53-58-23-26-61(27-24-58)93-82(109)67(21-14-34-91-84(89)111)94-83(110)78(56(2)3)96-74(106)32-38-113-42-44-116-46-47-117-45-43-114-39-35-90-73(105)29-30-75(107)99-52-59-18-10-11-19-63(59)79-80(65-20-12-13-22-69(65)99)100(98-97-79)36-40-115-41-37-101/h7-13,16-20,22-24,26-27,31,33,49,56,64,66-68,70,72,76-78,101,103H,6,14-15,21,25,28-30,32,34-48,50-55H2,1-5H3,(H,90,105)(H,92,108)(H,93,109)(H,94,110)(H,95,112)(H,96,106)(H3,89,91,111)/t64-,66-,67+,68+,70-,72+,76?,77+,78+,86-,87-,88+/m0/s1. The quantitative estimate of drug-likeness (QED) is 0.0153. The number of carbonyl (C=O) groups is 10. The Hall–Kier alpha value is -10.2. The van der Waals surface area contributed by atoms with Crippen LogP contribution in [-0.4, -0.2) is 226 Å². The molecule has 9 amide bonds. The van der Waals surface area contributed by atoms with Crippen molar-refractivity contribution in [3.05, 3.63) is 144 Å². The van der Waals surface area contributed by atoms with Gasteiger partial charge in [-0.15, -0.1) is 5.10 Å². The molecule has 5 aromatic rings.